The SMILES string of the molecule is CS(=O)(=O)OC1COc2cc([N+](=O)[O-])ccc2SC1. The number of nitro groups is 1. The Morgan fingerprint density at radius 2 is 2.26 bits per heavy atom. The molecule has 1 atom stereocenters. The number of thioether (sulfide) groups is 1. The van der Waals surface area contributed by atoms with E-state index in [9.17, 15) is 18.5 Å². The van der Waals surface area contributed by atoms with Crippen LogP contribution < -0.4 is 4.74 Å². The molecule has 9 heteroatoms. The van der Waals surface area contributed by atoms with Crippen molar-refractivity contribution in [3.63, 3.8) is 0 Å². The van der Waals surface area contributed by atoms with Crippen molar-refractivity contribution in [2.24, 2.45) is 0 Å². The van der Waals surface area contributed by atoms with Crippen molar-refractivity contribution in [1.29, 1.82) is 0 Å². The second kappa shape index (κ2) is 5.35. The van der Waals surface area contributed by atoms with Crippen molar-refractivity contribution in [1.82, 2.24) is 0 Å². The Morgan fingerprint density at radius 1 is 1.53 bits per heavy atom. The third kappa shape index (κ3) is 3.82. The highest BCUT2D eigenvalue weighted by Gasteiger charge is 2.23. The minimum atomic E-state index is -3.55. The maximum absolute atomic E-state index is 11.1. The zero-order chi connectivity index (χ0) is 14.0. The van der Waals surface area contributed by atoms with Crippen molar-refractivity contribution in [3.8, 4) is 5.75 Å². The predicted octanol–water partition coefficient (Wildman–Crippen LogP) is 1.42. The lowest BCUT2D eigenvalue weighted by Gasteiger charge is -2.12. The molecule has 1 aliphatic heterocycles. The molecule has 0 spiro atoms. The fourth-order valence-electron chi connectivity index (χ4n) is 1.56. The van der Waals surface area contributed by atoms with E-state index in [1.807, 2.05) is 0 Å². The largest absolute Gasteiger partial charge is 0.489 e. The number of hydrogen-bond acceptors (Lipinski definition) is 7. The van der Waals surface area contributed by atoms with Gasteiger partial charge in [0.05, 0.1) is 17.2 Å². The minimum Gasteiger partial charge on any atom is -0.489 e. The molecule has 1 aromatic carbocycles. The van der Waals surface area contributed by atoms with Crippen molar-refractivity contribution in [2.75, 3.05) is 18.6 Å². The van der Waals surface area contributed by atoms with Gasteiger partial charge in [-0.05, 0) is 6.07 Å². The Morgan fingerprint density at radius 3 is 2.89 bits per heavy atom. The minimum absolute atomic E-state index is 0.0360. The monoisotopic (exact) mass is 305 g/mol. The Labute approximate surface area is 114 Å². The predicted molar refractivity (Wildman–Crippen MR) is 69.0 cm³/mol. The highest BCUT2D eigenvalue weighted by atomic mass is 32.2. The van der Waals surface area contributed by atoms with Gasteiger partial charge in [0, 0.05) is 16.7 Å². The summed E-state index contributed by atoms with van der Waals surface area (Å²) < 4.78 is 32.3. The molecule has 0 amide bonds. The van der Waals surface area contributed by atoms with Gasteiger partial charge in [-0.25, -0.2) is 0 Å². The number of non-ortho nitro benzene ring substituents is 1. The Kier molecular flexibility index (Phi) is 3.97. The van der Waals surface area contributed by atoms with Crippen LogP contribution in [0.4, 0.5) is 5.69 Å². The van der Waals surface area contributed by atoms with E-state index < -0.39 is 21.1 Å². The smallest absolute Gasteiger partial charge is 0.273 e. The summed E-state index contributed by atoms with van der Waals surface area (Å²) in [5.74, 6) is 0.775. The summed E-state index contributed by atoms with van der Waals surface area (Å²) in [4.78, 5) is 10.9. The lowest BCUT2D eigenvalue weighted by Crippen LogP contribution is -2.25. The van der Waals surface area contributed by atoms with Crippen LogP contribution in [0.5, 0.6) is 5.75 Å². The van der Waals surface area contributed by atoms with Gasteiger partial charge in [-0.1, -0.05) is 0 Å². The topological polar surface area (TPSA) is 95.7 Å². The summed E-state index contributed by atoms with van der Waals surface area (Å²) in [6.45, 7) is 0.0360. The van der Waals surface area contributed by atoms with Gasteiger partial charge in [-0.2, -0.15) is 8.42 Å². The molecule has 0 saturated heterocycles. The molecule has 19 heavy (non-hydrogen) atoms. The van der Waals surface area contributed by atoms with Crippen LogP contribution in [0.2, 0.25) is 0 Å². The van der Waals surface area contributed by atoms with Gasteiger partial charge in [0.25, 0.3) is 15.8 Å². The van der Waals surface area contributed by atoms with Gasteiger partial charge in [0.2, 0.25) is 0 Å². The van der Waals surface area contributed by atoms with Crippen LogP contribution in [-0.2, 0) is 14.3 Å². The quantitative estimate of drug-likeness (QED) is 0.473. The lowest BCUT2D eigenvalue weighted by molar-refractivity contribution is -0.385. The van der Waals surface area contributed by atoms with E-state index in [1.165, 1.54) is 23.9 Å². The number of benzene rings is 1. The molecule has 7 nitrogen and oxygen atoms in total. The highest BCUT2D eigenvalue weighted by molar-refractivity contribution is 7.99. The number of rotatable bonds is 3. The molecule has 0 aromatic heterocycles. The molecule has 0 N–H and O–H groups in total. The number of fused-ring (bicyclic) bond motifs is 1. The number of ether oxygens (including phenoxy) is 1. The fourth-order valence-corrected chi connectivity index (χ4v) is 3.22. The zero-order valence-electron chi connectivity index (χ0n) is 9.94. The molecule has 0 bridgehead atoms. The fraction of sp³-hybridized carbons (Fsp3) is 0.400. The summed E-state index contributed by atoms with van der Waals surface area (Å²) in [7, 11) is -3.55. The lowest BCUT2D eigenvalue weighted by atomic mass is 10.3. The number of nitro benzene ring substituents is 1. The third-order valence-corrected chi connectivity index (χ3v) is 4.11. The molecule has 0 fully saturated rings. The van der Waals surface area contributed by atoms with Crippen LogP contribution in [-0.4, -0.2) is 38.1 Å². The van der Waals surface area contributed by atoms with Crippen LogP contribution in [0.15, 0.2) is 23.1 Å². The Balaban J connectivity index is 2.16. The van der Waals surface area contributed by atoms with E-state index in [0.29, 0.717) is 11.5 Å². The zero-order valence-corrected chi connectivity index (χ0v) is 11.6. The summed E-state index contributed by atoms with van der Waals surface area (Å²) in [5.41, 5.74) is -0.0677. The first-order chi connectivity index (χ1) is 8.85. The highest BCUT2D eigenvalue weighted by Crippen LogP contribution is 2.35. The molecule has 0 saturated carbocycles. The summed E-state index contributed by atoms with van der Waals surface area (Å²) in [6.07, 6.45) is 0.368. The van der Waals surface area contributed by atoms with Crippen molar-refractivity contribution < 1.29 is 22.3 Å². The van der Waals surface area contributed by atoms with Crippen molar-refractivity contribution in [2.45, 2.75) is 11.0 Å². The molecule has 1 aromatic rings. The van der Waals surface area contributed by atoms with E-state index in [4.69, 9.17) is 8.92 Å². The van der Waals surface area contributed by atoms with Crippen LogP contribution in [0, 0.1) is 10.1 Å². The van der Waals surface area contributed by atoms with Gasteiger partial charge in [-0.15, -0.1) is 11.8 Å². The number of nitrogens with zero attached hydrogens (tertiary/aromatic N) is 1. The Bertz CT molecular complexity index is 600. The molecule has 2 rings (SSSR count). The van der Waals surface area contributed by atoms with Crippen molar-refractivity contribution >= 4 is 27.6 Å². The first-order valence-electron chi connectivity index (χ1n) is 5.27. The van der Waals surface area contributed by atoms with Gasteiger partial charge >= 0.3 is 0 Å². The molecular weight excluding hydrogens is 294 g/mol. The summed E-state index contributed by atoms with van der Waals surface area (Å²) in [5, 5.41) is 10.7. The molecular formula is C10H11NO6S2. The average molecular weight is 305 g/mol. The van der Waals surface area contributed by atoms with Crippen LogP contribution >= 0.6 is 11.8 Å². The average Bonchev–Trinajstić information content (AvgIpc) is 2.49. The van der Waals surface area contributed by atoms with E-state index >= 15 is 0 Å². The van der Waals surface area contributed by atoms with E-state index in [2.05, 4.69) is 0 Å². The second-order valence-corrected chi connectivity index (χ2v) is 6.60. The van der Waals surface area contributed by atoms with Gasteiger partial charge in [0.15, 0.2) is 0 Å². The second-order valence-electron chi connectivity index (χ2n) is 3.93. The van der Waals surface area contributed by atoms with Crippen LogP contribution in [0.1, 0.15) is 0 Å². The Hall–Kier alpha value is -1.32. The van der Waals surface area contributed by atoms with Gasteiger partial charge in [0.1, 0.15) is 18.5 Å². The third-order valence-electron chi connectivity index (χ3n) is 2.30. The number of hydrogen-bond donors (Lipinski definition) is 0. The van der Waals surface area contributed by atoms with Gasteiger partial charge < -0.3 is 4.74 Å². The molecule has 104 valence electrons. The molecule has 1 aliphatic rings. The summed E-state index contributed by atoms with van der Waals surface area (Å²) >= 11 is 1.34. The molecule has 0 aliphatic carbocycles. The van der Waals surface area contributed by atoms with E-state index in [1.54, 1.807) is 6.07 Å². The van der Waals surface area contributed by atoms with Gasteiger partial charge in [-0.3, -0.25) is 14.3 Å². The maximum Gasteiger partial charge on any atom is 0.273 e. The normalized spacial score (nSPS) is 19.1. The summed E-state index contributed by atoms with van der Waals surface area (Å²) in [6, 6.07) is 4.29. The van der Waals surface area contributed by atoms with Crippen LogP contribution in [0.25, 0.3) is 0 Å². The first kappa shape index (κ1) is 14.1. The van der Waals surface area contributed by atoms with E-state index in [-0.39, 0.29) is 12.3 Å². The van der Waals surface area contributed by atoms with Crippen molar-refractivity contribution in [3.05, 3.63) is 28.3 Å². The van der Waals surface area contributed by atoms with E-state index in [0.717, 1.165) is 11.2 Å². The molecule has 0 radical (unpaired) electrons. The van der Waals surface area contributed by atoms with Crippen LogP contribution in [0.3, 0.4) is 0 Å². The molecule has 1 unspecified atom stereocenters. The maximum atomic E-state index is 11.1. The molecule has 1 heterocycles. The first-order valence-corrected chi connectivity index (χ1v) is 8.07. The standard InChI is InChI=1S/C10H11NO6S2/c1-19(14,15)17-8-5-16-9-4-7(11(12)13)2-3-10(9)18-6-8/h2-4,8H,5-6H2,1H3.